The molecule has 4 N–H and O–H groups in total. The lowest BCUT2D eigenvalue weighted by Gasteiger charge is -2.07. The predicted octanol–water partition coefficient (Wildman–Crippen LogP) is 4.35. The molecular weight excluding hydrogens is 427 g/mol. The first kappa shape index (κ1) is 21.7. The van der Waals surface area contributed by atoms with Crippen LogP contribution in [0.1, 0.15) is 21.5 Å². The number of aryl methyl sites for hydroxylation is 2. The molecule has 0 radical (unpaired) electrons. The number of benzene rings is 3. The molecule has 0 aliphatic carbocycles. The maximum absolute atomic E-state index is 11.5. The molecule has 0 saturated heterocycles. The van der Waals surface area contributed by atoms with Gasteiger partial charge in [-0.3, -0.25) is 9.36 Å². The Morgan fingerprint density at radius 3 is 1.97 bits per heavy atom. The highest BCUT2D eigenvalue weighted by Gasteiger charge is 2.19. The fraction of sp³-hybridized carbons (Fsp3) is 0.0833. The standard InChI is InChI=1S/C24H21N2O5P/c1-14-11-19(12-15(2)23(14)28)24-25-21(17-5-3-16(13-27)4-6-17)22(26-24)18-7-9-20(10-8-18)32(29,30)31/h3-13,28H,1-2H3,(H,25,26)(H2,29,30,31). The van der Waals surface area contributed by atoms with Crippen molar-refractivity contribution < 1.29 is 24.3 Å². The van der Waals surface area contributed by atoms with E-state index in [-0.39, 0.29) is 11.1 Å². The van der Waals surface area contributed by atoms with Crippen molar-refractivity contribution in [3.8, 4) is 39.7 Å². The van der Waals surface area contributed by atoms with Crippen molar-refractivity contribution in [2.75, 3.05) is 0 Å². The number of phenols is 1. The Kier molecular flexibility index (Phi) is 5.57. The van der Waals surface area contributed by atoms with E-state index in [4.69, 9.17) is 4.98 Å². The van der Waals surface area contributed by atoms with Gasteiger partial charge in [0.1, 0.15) is 17.9 Å². The van der Waals surface area contributed by atoms with Crippen LogP contribution in [0.15, 0.2) is 60.7 Å². The summed E-state index contributed by atoms with van der Waals surface area (Å²) in [5, 5.41) is 10.0. The normalized spacial score (nSPS) is 11.5. The fourth-order valence-electron chi connectivity index (χ4n) is 3.56. The average molecular weight is 448 g/mol. The maximum Gasteiger partial charge on any atom is 0.356 e. The second-order valence-electron chi connectivity index (χ2n) is 7.60. The SMILES string of the molecule is Cc1cc(-c2nc(-c3ccc(C=O)cc3)c(-c3ccc(P(=O)(O)O)cc3)[nH]2)cc(C)c1O. The summed E-state index contributed by atoms with van der Waals surface area (Å²) >= 11 is 0. The summed E-state index contributed by atoms with van der Waals surface area (Å²) in [6.45, 7) is 3.63. The minimum absolute atomic E-state index is 0.0670. The number of aromatic hydroxyl groups is 1. The molecule has 0 saturated carbocycles. The summed E-state index contributed by atoms with van der Waals surface area (Å²) in [6, 6.07) is 16.7. The van der Waals surface area contributed by atoms with E-state index < -0.39 is 7.60 Å². The second kappa shape index (κ2) is 8.20. The van der Waals surface area contributed by atoms with E-state index in [0.717, 1.165) is 28.5 Å². The van der Waals surface area contributed by atoms with E-state index in [9.17, 15) is 24.3 Å². The topological polar surface area (TPSA) is 124 Å². The third-order valence-corrected chi connectivity index (χ3v) is 6.25. The van der Waals surface area contributed by atoms with Gasteiger partial charge in [0.25, 0.3) is 0 Å². The lowest BCUT2D eigenvalue weighted by Crippen LogP contribution is -2.02. The Morgan fingerprint density at radius 1 is 0.875 bits per heavy atom. The zero-order valence-electron chi connectivity index (χ0n) is 17.4. The number of aromatic nitrogens is 2. The van der Waals surface area contributed by atoms with Crippen molar-refractivity contribution in [2.45, 2.75) is 13.8 Å². The van der Waals surface area contributed by atoms with Crippen LogP contribution < -0.4 is 5.30 Å². The molecular formula is C24H21N2O5P. The highest BCUT2D eigenvalue weighted by molar-refractivity contribution is 7.60. The molecule has 7 nitrogen and oxygen atoms in total. The van der Waals surface area contributed by atoms with E-state index in [1.54, 1.807) is 36.4 Å². The number of nitrogens with zero attached hydrogens (tertiary/aromatic N) is 1. The summed E-state index contributed by atoms with van der Waals surface area (Å²) in [5.41, 5.74) is 5.55. The van der Waals surface area contributed by atoms with Gasteiger partial charge in [0.2, 0.25) is 0 Å². The second-order valence-corrected chi connectivity index (χ2v) is 9.20. The van der Waals surface area contributed by atoms with E-state index in [1.165, 1.54) is 12.1 Å². The Bertz CT molecular complexity index is 1330. The van der Waals surface area contributed by atoms with Crippen LogP contribution in [0, 0.1) is 13.8 Å². The van der Waals surface area contributed by atoms with Gasteiger partial charge < -0.3 is 19.9 Å². The molecule has 0 bridgehead atoms. The number of hydrogen-bond acceptors (Lipinski definition) is 4. The number of H-pyrrole nitrogens is 1. The quantitative estimate of drug-likeness (QED) is 0.266. The van der Waals surface area contributed by atoms with Crippen molar-refractivity contribution in [2.24, 2.45) is 0 Å². The third kappa shape index (κ3) is 4.14. The Morgan fingerprint density at radius 2 is 1.44 bits per heavy atom. The van der Waals surface area contributed by atoms with Crippen molar-refractivity contribution in [1.29, 1.82) is 0 Å². The summed E-state index contributed by atoms with van der Waals surface area (Å²) in [6.07, 6.45) is 0.767. The number of rotatable bonds is 5. The molecule has 4 aromatic rings. The molecule has 1 heterocycles. The first-order valence-corrected chi connectivity index (χ1v) is 11.4. The van der Waals surface area contributed by atoms with Crippen LogP contribution in [0.3, 0.4) is 0 Å². The van der Waals surface area contributed by atoms with Gasteiger partial charge in [-0.25, -0.2) is 4.98 Å². The molecule has 0 aliphatic heterocycles. The fourth-order valence-corrected chi connectivity index (χ4v) is 4.10. The monoisotopic (exact) mass is 448 g/mol. The lowest BCUT2D eigenvalue weighted by atomic mass is 10.0. The molecule has 0 aliphatic rings. The largest absolute Gasteiger partial charge is 0.507 e. The van der Waals surface area contributed by atoms with Crippen LogP contribution in [-0.4, -0.2) is 31.1 Å². The lowest BCUT2D eigenvalue weighted by molar-refractivity contribution is 0.112. The van der Waals surface area contributed by atoms with E-state index >= 15 is 0 Å². The molecule has 1 aromatic heterocycles. The van der Waals surface area contributed by atoms with Gasteiger partial charge in [0, 0.05) is 22.3 Å². The molecule has 8 heteroatoms. The van der Waals surface area contributed by atoms with Gasteiger partial charge >= 0.3 is 7.60 Å². The molecule has 0 amide bonds. The van der Waals surface area contributed by atoms with Crippen LogP contribution in [0.2, 0.25) is 0 Å². The van der Waals surface area contributed by atoms with Gasteiger partial charge in [0.05, 0.1) is 16.7 Å². The smallest absolute Gasteiger partial charge is 0.356 e. The van der Waals surface area contributed by atoms with Crippen molar-refractivity contribution in [3.05, 3.63) is 77.4 Å². The number of carbonyl (C=O) groups is 1. The molecule has 0 fully saturated rings. The van der Waals surface area contributed by atoms with E-state index in [2.05, 4.69) is 4.98 Å². The number of aldehydes is 1. The molecule has 3 aromatic carbocycles. The number of phenolic OH excluding ortho intramolecular Hbond substituents is 1. The maximum atomic E-state index is 11.5. The van der Waals surface area contributed by atoms with Gasteiger partial charge in [-0.2, -0.15) is 0 Å². The van der Waals surface area contributed by atoms with Gasteiger partial charge in [-0.05, 0) is 49.2 Å². The zero-order chi connectivity index (χ0) is 23.0. The highest BCUT2D eigenvalue weighted by Crippen LogP contribution is 2.37. The molecule has 0 unspecified atom stereocenters. The summed E-state index contributed by atoms with van der Waals surface area (Å²) in [7, 11) is -4.35. The van der Waals surface area contributed by atoms with Crippen molar-refractivity contribution >= 4 is 19.2 Å². The number of aromatic amines is 1. The molecule has 0 spiro atoms. The Hall–Kier alpha value is -3.51. The zero-order valence-corrected chi connectivity index (χ0v) is 18.3. The Labute approximate surface area is 184 Å². The number of nitrogens with one attached hydrogen (secondary N) is 1. The van der Waals surface area contributed by atoms with Crippen LogP contribution >= 0.6 is 7.60 Å². The number of carbonyl (C=O) groups excluding carboxylic acids is 1. The minimum Gasteiger partial charge on any atom is -0.507 e. The first-order valence-electron chi connectivity index (χ1n) is 9.80. The van der Waals surface area contributed by atoms with Crippen molar-refractivity contribution in [1.82, 2.24) is 9.97 Å². The van der Waals surface area contributed by atoms with E-state index in [1.807, 2.05) is 26.0 Å². The highest BCUT2D eigenvalue weighted by atomic mass is 31.2. The van der Waals surface area contributed by atoms with Crippen molar-refractivity contribution in [3.63, 3.8) is 0 Å². The summed E-state index contributed by atoms with van der Waals surface area (Å²) < 4.78 is 11.5. The molecule has 162 valence electrons. The van der Waals surface area contributed by atoms with Crippen LogP contribution in [0.5, 0.6) is 5.75 Å². The first-order chi connectivity index (χ1) is 15.2. The predicted molar refractivity (Wildman–Crippen MR) is 123 cm³/mol. The van der Waals surface area contributed by atoms with Crippen LogP contribution in [0.4, 0.5) is 0 Å². The number of hydrogen-bond donors (Lipinski definition) is 4. The van der Waals surface area contributed by atoms with Gasteiger partial charge in [-0.15, -0.1) is 0 Å². The van der Waals surface area contributed by atoms with Gasteiger partial charge in [0.15, 0.2) is 0 Å². The average Bonchev–Trinajstić information content (AvgIpc) is 3.22. The van der Waals surface area contributed by atoms with Gasteiger partial charge in [-0.1, -0.05) is 36.4 Å². The summed E-state index contributed by atoms with van der Waals surface area (Å²) in [5.74, 6) is 0.818. The third-order valence-electron chi connectivity index (χ3n) is 5.28. The minimum atomic E-state index is -4.35. The summed E-state index contributed by atoms with van der Waals surface area (Å²) in [4.78, 5) is 37.9. The molecule has 32 heavy (non-hydrogen) atoms. The molecule has 0 atom stereocenters. The molecule has 4 rings (SSSR count). The number of imidazole rings is 1. The van der Waals surface area contributed by atoms with Crippen LogP contribution in [0.25, 0.3) is 33.9 Å². The van der Waals surface area contributed by atoms with Crippen LogP contribution in [-0.2, 0) is 4.57 Å². The Balaban J connectivity index is 1.89. The van der Waals surface area contributed by atoms with E-state index in [0.29, 0.717) is 28.3 Å².